The topological polar surface area (TPSA) is 552 Å². The van der Waals surface area contributed by atoms with Crippen LogP contribution >= 0.6 is 0 Å². The third-order valence-electron chi connectivity index (χ3n) is 20.2. The van der Waals surface area contributed by atoms with E-state index < -0.39 is 268 Å². The molecule has 0 amide bonds. The highest BCUT2D eigenvalue weighted by molar-refractivity contribution is 5.75. The van der Waals surface area contributed by atoms with E-state index in [2.05, 4.69) is 0 Å². The lowest BCUT2D eigenvalue weighted by molar-refractivity contribution is -0.0101. The highest BCUT2D eigenvalue weighted by atomic mass is 16.5. The molecule has 0 aliphatic carbocycles. The highest BCUT2D eigenvalue weighted by Gasteiger charge is 2.55. The zero-order chi connectivity index (χ0) is 74.7. The Hall–Kier alpha value is -13.0. The first-order valence-corrected chi connectivity index (χ1v) is 32.1. The molecular weight excluding hydrogens is 1380 g/mol. The van der Waals surface area contributed by atoms with E-state index in [1.165, 1.54) is 18.2 Å². The average molecular weight is 1440 g/mol. The lowest BCUT2D eigenvalue weighted by Crippen LogP contribution is -2.40. The fourth-order valence-corrected chi connectivity index (χ4v) is 15.4. The first kappa shape index (κ1) is 67.8. The number of aliphatic hydroxyl groups is 5. The molecule has 30 heteroatoms. The molecule has 0 aromatic heterocycles. The van der Waals surface area contributed by atoms with Gasteiger partial charge in [0, 0.05) is 92.9 Å². The Bertz CT molecular complexity index is 5270. The number of benzene rings is 10. The fraction of sp³-hybridized carbons (Fsp3) is 0.200. The van der Waals surface area contributed by atoms with Crippen LogP contribution in [0.25, 0.3) is 0 Å². The number of hydrogen-bond donors (Lipinski definition) is 25. The van der Waals surface area contributed by atoms with Crippen LogP contribution in [0.4, 0.5) is 0 Å². The minimum Gasteiger partial charge on any atom is -0.508 e. The molecule has 4 unspecified atom stereocenters. The standard InChI is InChI=1S/C75H62O30/c76-28-16-41(88)51-50(17-28)101-68(24-2-7-31(78)37(84)12-24)63(97)59(51)53-43(90)20-45(92)55-61(65(99)70(103-73(53)55)26-4-9-33(80)39(86)14-26)57-47(94)22-48(95)58-62(66(100)71(105-75(57)58)27-5-10-34(81)40(87)15-27)56-46(93)21-44(91)54-60(64(98)69(104-74(54)56)25-3-8-32(79)38(85)13-25)52-42(89)19-35(82)29-18-49(96)67(102-72(29)52)23-1-6-30(77)36(83)11-23/h1-17,19-22,49,59-71,76-100H,18H2/t49-,59?,60?,61?,62?,63+,64+,65+,66+,67+,68+,69+,70+,71+/m0/s1. The summed E-state index contributed by atoms with van der Waals surface area (Å²) in [6.07, 6.45) is -19.9. The van der Waals surface area contributed by atoms with Crippen molar-refractivity contribution in [3.05, 3.63) is 205 Å². The average Bonchev–Trinajstić information content (AvgIpc) is 0.718. The Morgan fingerprint density at radius 2 is 0.467 bits per heavy atom. The Kier molecular flexibility index (Phi) is 15.9. The van der Waals surface area contributed by atoms with Crippen LogP contribution in [0.3, 0.4) is 0 Å². The van der Waals surface area contributed by atoms with Gasteiger partial charge in [-0.15, -0.1) is 0 Å². The second-order valence-electron chi connectivity index (χ2n) is 26.3. The van der Waals surface area contributed by atoms with Crippen molar-refractivity contribution in [3.8, 4) is 144 Å². The summed E-state index contributed by atoms with van der Waals surface area (Å²) in [5.74, 6) is -27.3. The minimum atomic E-state index is -2.31. The number of phenols is 20. The van der Waals surface area contributed by atoms with Gasteiger partial charge in [-0.2, -0.15) is 0 Å². The molecule has 0 fully saturated rings. The summed E-state index contributed by atoms with van der Waals surface area (Å²) in [7, 11) is 0. The molecule has 0 spiro atoms. The van der Waals surface area contributed by atoms with E-state index in [0.29, 0.717) is 18.2 Å². The predicted octanol–water partition coefficient (Wildman–Crippen LogP) is 7.34. The van der Waals surface area contributed by atoms with Gasteiger partial charge < -0.3 is 151 Å². The molecule has 15 rings (SSSR count). The van der Waals surface area contributed by atoms with Gasteiger partial charge in [0.15, 0.2) is 81.9 Å². The molecule has 14 atom stereocenters. The predicted molar refractivity (Wildman–Crippen MR) is 356 cm³/mol. The van der Waals surface area contributed by atoms with E-state index >= 15 is 0 Å². The van der Waals surface area contributed by atoms with Gasteiger partial charge in [0.2, 0.25) is 0 Å². The first-order valence-electron chi connectivity index (χ1n) is 32.1. The molecular formula is C75H62O30. The van der Waals surface area contributed by atoms with Crippen molar-refractivity contribution >= 4 is 0 Å². The molecule has 10 aromatic carbocycles. The number of fused-ring (bicyclic) bond motifs is 5. The number of aromatic hydroxyl groups is 20. The van der Waals surface area contributed by atoms with Crippen LogP contribution in [0, 0.1) is 0 Å². The molecule has 0 saturated heterocycles. The Labute approximate surface area is 589 Å². The van der Waals surface area contributed by atoms with Gasteiger partial charge in [-0.05, 0) is 88.5 Å². The van der Waals surface area contributed by atoms with Crippen LogP contribution in [0.2, 0.25) is 0 Å². The molecule has 0 bridgehead atoms. The number of aliphatic hydroxyl groups excluding tert-OH is 5. The SMILES string of the molecule is Oc1cc(O)c2c(c1)O[C@H](c1ccc(O)c(O)c1)[C@H](O)C2c1c(O)cc(O)c2c1O[C@H](c1ccc(O)c(O)c1)[C@H](O)C2c1c(O)cc(O)c2c1O[C@H](c1ccc(O)c(O)c1)[C@H](O)C2c1c(O)cc(O)c2c1O[C@H](c1ccc(O)c(O)c1)[C@H](O)C2c1c(O)cc(O)c2c1O[C@H](c1ccc(O)c(O)c1)[C@@H](O)C2. The number of rotatable bonds is 9. The van der Waals surface area contributed by atoms with E-state index in [4.69, 9.17) is 23.7 Å². The molecule has 5 aliphatic rings. The van der Waals surface area contributed by atoms with Crippen molar-refractivity contribution in [2.75, 3.05) is 0 Å². The van der Waals surface area contributed by atoms with Gasteiger partial charge in [0.1, 0.15) is 117 Å². The monoisotopic (exact) mass is 1440 g/mol. The molecule has 10 aromatic rings. The third-order valence-corrected chi connectivity index (χ3v) is 20.2. The molecule has 542 valence electrons. The molecule has 25 N–H and O–H groups in total. The van der Waals surface area contributed by atoms with E-state index in [9.17, 15) is 128 Å². The van der Waals surface area contributed by atoms with Gasteiger partial charge >= 0.3 is 0 Å². The fourth-order valence-electron chi connectivity index (χ4n) is 15.4. The van der Waals surface area contributed by atoms with Crippen molar-refractivity contribution in [2.45, 2.75) is 91.1 Å². The normalized spacial score (nSPS) is 24.2. The zero-order valence-corrected chi connectivity index (χ0v) is 53.6. The molecule has 5 heterocycles. The lowest BCUT2D eigenvalue weighted by Gasteiger charge is -2.45. The highest BCUT2D eigenvalue weighted by Crippen LogP contribution is 2.67. The van der Waals surface area contributed by atoms with Crippen LogP contribution in [-0.2, 0) is 6.42 Å². The smallest absolute Gasteiger partial charge is 0.157 e. The van der Waals surface area contributed by atoms with Crippen LogP contribution < -0.4 is 23.7 Å². The van der Waals surface area contributed by atoms with Gasteiger partial charge in [-0.3, -0.25) is 0 Å². The zero-order valence-electron chi connectivity index (χ0n) is 53.6. The maximum Gasteiger partial charge on any atom is 0.157 e. The summed E-state index contributed by atoms with van der Waals surface area (Å²) in [6, 6.07) is 20.7. The van der Waals surface area contributed by atoms with E-state index in [-0.39, 0.29) is 44.7 Å². The van der Waals surface area contributed by atoms with Crippen molar-refractivity contribution in [1.29, 1.82) is 0 Å². The molecule has 30 nitrogen and oxygen atoms in total. The molecule has 105 heavy (non-hydrogen) atoms. The van der Waals surface area contributed by atoms with Crippen LogP contribution in [0.15, 0.2) is 127 Å². The molecule has 0 saturated carbocycles. The maximum atomic E-state index is 13.4. The minimum absolute atomic E-state index is 0.0287. The number of hydrogen-bond acceptors (Lipinski definition) is 30. The second-order valence-corrected chi connectivity index (χ2v) is 26.3. The van der Waals surface area contributed by atoms with Gasteiger partial charge in [-0.25, -0.2) is 0 Å². The quantitative estimate of drug-likeness (QED) is 0.0628. The largest absolute Gasteiger partial charge is 0.508 e. The summed E-state index contributed by atoms with van der Waals surface area (Å²) in [5.41, 5.74) is -5.67. The summed E-state index contributed by atoms with van der Waals surface area (Å²) in [6.45, 7) is 0. The van der Waals surface area contributed by atoms with Gasteiger partial charge in [0.05, 0.1) is 29.8 Å². The third kappa shape index (κ3) is 10.7. The Morgan fingerprint density at radius 1 is 0.219 bits per heavy atom. The first-order chi connectivity index (χ1) is 49.9. The second kappa shape index (κ2) is 24.6. The van der Waals surface area contributed by atoms with Crippen molar-refractivity contribution in [2.24, 2.45) is 0 Å². The number of ether oxygens (including phenoxy) is 5. The van der Waals surface area contributed by atoms with Crippen LogP contribution in [-0.4, -0.2) is 158 Å². The maximum absolute atomic E-state index is 13.4. The Balaban J connectivity index is 1.00. The summed E-state index contributed by atoms with van der Waals surface area (Å²) >= 11 is 0. The van der Waals surface area contributed by atoms with Crippen LogP contribution in [0.1, 0.15) is 132 Å². The van der Waals surface area contributed by atoms with Crippen LogP contribution in [0.5, 0.6) is 144 Å². The van der Waals surface area contributed by atoms with Gasteiger partial charge in [0.25, 0.3) is 0 Å². The van der Waals surface area contributed by atoms with Crippen molar-refractivity contribution < 1.29 is 151 Å². The molecule has 5 aliphatic heterocycles. The van der Waals surface area contributed by atoms with E-state index in [1.54, 1.807) is 0 Å². The summed E-state index contributed by atoms with van der Waals surface area (Å²) in [5, 5.41) is 294. The van der Waals surface area contributed by atoms with Crippen molar-refractivity contribution in [3.63, 3.8) is 0 Å². The van der Waals surface area contributed by atoms with Gasteiger partial charge in [-0.1, -0.05) is 30.3 Å². The summed E-state index contributed by atoms with van der Waals surface area (Å²) in [4.78, 5) is 0. The lowest BCUT2D eigenvalue weighted by atomic mass is 9.71. The number of phenolic OH excluding ortho intramolecular Hbond substituents is 20. The Morgan fingerprint density at radius 3 is 0.771 bits per heavy atom. The van der Waals surface area contributed by atoms with Crippen molar-refractivity contribution in [1.82, 2.24) is 0 Å². The summed E-state index contributed by atoms with van der Waals surface area (Å²) < 4.78 is 32.8. The van der Waals surface area contributed by atoms with E-state index in [1.807, 2.05) is 0 Å². The van der Waals surface area contributed by atoms with E-state index in [0.717, 1.165) is 91.0 Å². The molecule has 0 radical (unpaired) electrons.